The Bertz CT molecular complexity index is 467. The molecule has 106 valence electrons. The highest BCUT2D eigenvalue weighted by Crippen LogP contribution is 2.28. The van der Waals surface area contributed by atoms with Gasteiger partial charge in [-0.25, -0.2) is 4.39 Å². The van der Waals surface area contributed by atoms with E-state index >= 15 is 0 Å². The first-order valence-corrected chi connectivity index (χ1v) is 5.86. The molecular formula is C12H16F2N2O3. The molecule has 0 aromatic heterocycles. The van der Waals surface area contributed by atoms with Gasteiger partial charge in [0.15, 0.2) is 0 Å². The summed E-state index contributed by atoms with van der Waals surface area (Å²) in [5, 5.41) is 22.9. The lowest BCUT2D eigenvalue weighted by Crippen LogP contribution is -2.21. The molecule has 0 aliphatic rings. The molecule has 1 atom stereocenters. The number of hydrogen-bond acceptors (Lipinski definition) is 4. The zero-order chi connectivity index (χ0) is 14.6. The van der Waals surface area contributed by atoms with E-state index in [4.69, 9.17) is 0 Å². The number of nitrogens with zero attached hydrogens (tertiary/aromatic N) is 1. The van der Waals surface area contributed by atoms with Gasteiger partial charge in [0, 0.05) is 18.7 Å². The SMILES string of the molecule is CC(C)CC(O)CNc1cc(F)cc(F)c1[N+](=O)[O-]. The second-order valence-electron chi connectivity index (χ2n) is 4.71. The van der Waals surface area contributed by atoms with Crippen LogP contribution in [0.15, 0.2) is 12.1 Å². The normalized spacial score (nSPS) is 12.5. The Morgan fingerprint density at radius 2 is 2.05 bits per heavy atom. The van der Waals surface area contributed by atoms with Crippen LogP contribution in [0.2, 0.25) is 0 Å². The van der Waals surface area contributed by atoms with Crippen molar-refractivity contribution in [2.24, 2.45) is 5.92 Å². The molecule has 2 N–H and O–H groups in total. The Morgan fingerprint density at radius 1 is 1.42 bits per heavy atom. The van der Waals surface area contributed by atoms with Gasteiger partial charge in [0.25, 0.3) is 0 Å². The average molecular weight is 274 g/mol. The largest absolute Gasteiger partial charge is 0.391 e. The standard InChI is InChI=1S/C12H16F2N2O3/c1-7(2)3-9(17)6-15-11-5-8(13)4-10(14)12(11)16(18)19/h4-5,7,9,15,17H,3,6H2,1-2H3. The number of anilines is 1. The molecule has 0 fully saturated rings. The second-order valence-corrected chi connectivity index (χ2v) is 4.71. The molecule has 0 amide bonds. The summed E-state index contributed by atoms with van der Waals surface area (Å²) in [6.07, 6.45) is -0.260. The summed E-state index contributed by atoms with van der Waals surface area (Å²) >= 11 is 0. The van der Waals surface area contributed by atoms with E-state index in [9.17, 15) is 24.0 Å². The van der Waals surface area contributed by atoms with Crippen LogP contribution in [-0.4, -0.2) is 22.7 Å². The van der Waals surface area contributed by atoms with Crippen molar-refractivity contribution in [1.82, 2.24) is 0 Å². The van der Waals surface area contributed by atoms with Crippen molar-refractivity contribution in [3.8, 4) is 0 Å². The summed E-state index contributed by atoms with van der Waals surface area (Å²) in [6.45, 7) is 3.81. The molecule has 1 aromatic carbocycles. The van der Waals surface area contributed by atoms with Crippen molar-refractivity contribution in [1.29, 1.82) is 0 Å². The van der Waals surface area contributed by atoms with Crippen LogP contribution >= 0.6 is 0 Å². The monoisotopic (exact) mass is 274 g/mol. The van der Waals surface area contributed by atoms with Crippen LogP contribution in [0.4, 0.5) is 20.2 Å². The van der Waals surface area contributed by atoms with Gasteiger partial charge in [-0.3, -0.25) is 10.1 Å². The number of nitrogens with one attached hydrogen (secondary N) is 1. The van der Waals surface area contributed by atoms with Crippen LogP contribution < -0.4 is 5.32 Å². The van der Waals surface area contributed by atoms with E-state index in [0.717, 1.165) is 6.07 Å². The number of aliphatic hydroxyl groups excluding tert-OH is 1. The summed E-state index contributed by atoms with van der Waals surface area (Å²) in [5.74, 6) is -1.91. The number of hydrogen-bond donors (Lipinski definition) is 2. The Balaban J connectivity index is 2.85. The van der Waals surface area contributed by atoms with E-state index < -0.39 is 28.3 Å². The van der Waals surface area contributed by atoms with Gasteiger partial charge in [-0.1, -0.05) is 13.8 Å². The Morgan fingerprint density at radius 3 is 2.58 bits per heavy atom. The van der Waals surface area contributed by atoms with Crippen LogP contribution in [0.5, 0.6) is 0 Å². The lowest BCUT2D eigenvalue weighted by Gasteiger charge is -2.14. The fourth-order valence-corrected chi connectivity index (χ4v) is 1.74. The zero-order valence-corrected chi connectivity index (χ0v) is 10.7. The van der Waals surface area contributed by atoms with Crippen LogP contribution in [0.25, 0.3) is 0 Å². The highest BCUT2D eigenvalue weighted by Gasteiger charge is 2.22. The molecular weight excluding hydrogens is 258 g/mol. The van der Waals surface area contributed by atoms with Crippen molar-refractivity contribution < 1.29 is 18.8 Å². The molecule has 1 unspecified atom stereocenters. The van der Waals surface area contributed by atoms with E-state index in [1.165, 1.54) is 0 Å². The van der Waals surface area contributed by atoms with E-state index in [1.54, 1.807) is 0 Å². The van der Waals surface area contributed by atoms with E-state index in [-0.39, 0.29) is 18.2 Å². The Kier molecular flexibility index (Phi) is 5.17. The first-order chi connectivity index (χ1) is 8.81. The fraction of sp³-hybridized carbons (Fsp3) is 0.500. The van der Waals surface area contributed by atoms with Crippen LogP contribution in [-0.2, 0) is 0 Å². The third kappa shape index (κ3) is 4.44. The molecule has 0 bridgehead atoms. The number of rotatable bonds is 6. The molecule has 0 heterocycles. The molecule has 0 radical (unpaired) electrons. The van der Waals surface area contributed by atoms with Gasteiger partial charge in [0.05, 0.1) is 11.0 Å². The van der Waals surface area contributed by atoms with Crippen LogP contribution in [0.3, 0.4) is 0 Å². The Labute approximate surface area is 109 Å². The summed E-state index contributed by atoms with van der Waals surface area (Å²) in [6, 6.07) is 1.29. The third-order valence-electron chi connectivity index (χ3n) is 2.48. The number of aliphatic hydroxyl groups is 1. The molecule has 5 nitrogen and oxygen atoms in total. The van der Waals surface area contributed by atoms with Gasteiger partial charge in [-0.05, 0) is 12.3 Å². The molecule has 0 saturated carbocycles. The minimum atomic E-state index is -1.24. The van der Waals surface area contributed by atoms with Gasteiger partial charge in [-0.15, -0.1) is 0 Å². The Hall–Kier alpha value is -1.76. The molecule has 0 spiro atoms. The second kappa shape index (κ2) is 6.42. The van der Waals surface area contributed by atoms with Crippen LogP contribution in [0.1, 0.15) is 20.3 Å². The van der Waals surface area contributed by atoms with Crippen molar-refractivity contribution in [3.05, 3.63) is 33.9 Å². The molecule has 19 heavy (non-hydrogen) atoms. The average Bonchev–Trinajstić information content (AvgIpc) is 2.23. The summed E-state index contributed by atoms with van der Waals surface area (Å²) in [5.41, 5.74) is -1.09. The molecule has 0 saturated heterocycles. The summed E-state index contributed by atoms with van der Waals surface area (Å²) in [7, 11) is 0. The van der Waals surface area contributed by atoms with E-state index in [2.05, 4.69) is 5.32 Å². The predicted molar refractivity (Wildman–Crippen MR) is 67.0 cm³/mol. The lowest BCUT2D eigenvalue weighted by molar-refractivity contribution is -0.386. The first-order valence-electron chi connectivity index (χ1n) is 5.86. The quantitative estimate of drug-likeness (QED) is 0.617. The van der Waals surface area contributed by atoms with Gasteiger partial charge < -0.3 is 10.4 Å². The highest BCUT2D eigenvalue weighted by atomic mass is 19.1. The lowest BCUT2D eigenvalue weighted by atomic mass is 10.1. The smallest absolute Gasteiger partial charge is 0.327 e. The van der Waals surface area contributed by atoms with Crippen molar-refractivity contribution in [2.75, 3.05) is 11.9 Å². The van der Waals surface area contributed by atoms with Gasteiger partial charge in [-0.2, -0.15) is 4.39 Å². The maximum Gasteiger partial charge on any atom is 0.327 e. The maximum absolute atomic E-state index is 13.3. The van der Waals surface area contributed by atoms with Crippen molar-refractivity contribution in [2.45, 2.75) is 26.4 Å². The predicted octanol–water partition coefficient (Wildman–Crippen LogP) is 2.69. The summed E-state index contributed by atoms with van der Waals surface area (Å²) < 4.78 is 26.4. The highest BCUT2D eigenvalue weighted by molar-refractivity contribution is 5.62. The minimum absolute atomic E-state index is 0.0120. The first kappa shape index (κ1) is 15.3. The molecule has 0 aliphatic heterocycles. The molecule has 1 aromatic rings. The van der Waals surface area contributed by atoms with Gasteiger partial charge in [0.1, 0.15) is 11.5 Å². The topological polar surface area (TPSA) is 75.4 Å². The zero-order valence-electron chi connectivity index (χ0n) is 10.7. The maximum atomic E-state index is 13.3. The number of benzene rings is 1. The van der Waals surface area contributed by atoms with Gasteiger partial charge in [0.2, 0.25) is 5.82 Å². The van der Waals surface area contributed by atoms with Crippen molar-refractivity contribution >= 4 is 11.4 Å². The van der Waals surface area contributed by atoms with Crippen LogP contribution in [0, 0.1) is 27.7 Å². The minimum Gasteiger partial charge on any atom is -0.391 e. The number of nitro groups is 1. The van der Waals surface area contributed by atoms with Crippen molar-refractivity contribution in [3.63, 3.8) is 0 Å². The van der Waals surface area contributed by atoms with E-state index in [1.807, 2.05) is 13.8 Å². The summed E-state index contributed by atoms with van der Waals surface area (Å²) in [4.78, 5) is 9.79. The number of nitro benzene ring substituents is 1. The molecule has 1 rings (SSSR count). The van der Waals surface area contributed by atoms with Gasteiger partial charge >= 0.3 is 5.69 Å². The molecule has 7 heteroatoms. The van der Waals surface area contributed by atoms with E-state index in [0.29, 0.717) is 12.5 Å². The third-order valence-corrected chi connectivity index (χ3v) is 2.48. The number of halogens is 2. The molecule has 0 aliphatic carbocycles. The fourth-order valence-electron chi connectivity index (χ4n) is 1.74.